The van der Waals surface area contributed by atoms with Gasteiger partial charge in [-0.05, 0) is 37.1 Å². The zero-order valence-corrected chi connectivity index (χ0v) is 14.4. The van der Waals surface area contributed by atoms with E-state index in [9.17, 15) is 9.18 Å². The Morgan fingerprint density at radius 3 is 2.68 bits per heavy atom. The number of likely N-dealkylation sites (tertiary alicyclic amines) is 1. The van der Waals surface area contributed by atoms with E-state index in [1.807, 2.05) is 19.0 Å². The van der Waals surface area contributed by atoms with Crippen LogP contribution in [0.4, 0.5) is 10.2 Å². The number of carbonyl (C=O) groups is 1. The van der Waals surface area contributed by atoms with Gasteiger partial charge in [-0.15, -0.1) is 0 Å². The van der Waals surface area contributed by atoms with Gasteiger partial charge in [-0.2, -0.15) is 0 Å². The molecule has 1 aromatic carbocycles. The predicted octanol–water partition coefficient (Wildman–Crippen LogP) is 2.37. The minimum Gasteiger partial charge on any atom is -0.470 e. The van der Waals surface area contributed by atoms with E-state index in [4.69, 9.17) is 4.74 Å². The number of rotatable bonds is 4. The highest BCUT2D eigenvalue weighted by atomic mass is 19.1. The second-order valence-corrected chi connectivity index (χ2v) is 6.22. The molecule has 0 bridgehead atoms. The van der Waals surface area contributed by atoms with Crippen LogP contribution in [0.5, 0.6) is 5.88 Å². The molecule has 132 valence electrons. The molecule has 6 nitrogen and oxygen atoms in total. The fourth-order valence-corrected chi connectivity index (χ4v) is 2.86. The number of hydrogen-bond donors (Lipinski definition) is 0. The van der Waals surface area contributed by atoms with Gasteiger partial charge in [0.1, 0.15) is 11.9 Å². The van der Waals surface area contributed by atoms with Crippen LogP contribution in [0.1, 0.15) is 23.2 Å². The molecule has 1 fully saturated rings. The van der Waals surface area contributed by atoms with Crippen molar-refractivity contribution in [2.45, 2.75) is 18.9 Å². The molecule has 2 aromatic rings. The Morgan fingerprint density at radius 2 is 1.96 bits per heavy atom. The Bertz CT molecular complexity index is 736. The molecule has 0 aliphatic carbocycles. The van der Waals surface area contributed by atoms with Gasteiger partial charge in [0.25, 0.3) is 11.8 Å². The molecule has 2 heterocycles. The van der Waals surface area contributed by atoms with Crippen LogP contribution in [-0.2, 0) is 0 Å². The van der Waals surface area contributed by atoms with Gasteiger partial charge in [0.15, 0.2) is 5.82 Å². The van der Waals surface area contributed by atoms with Gasteiger partial charge >= 0.3 is 0 Å². The van der Waals surface area contributed by atoms with E-state index >= 15 is 0 Å². The van der Waals surface area contributed by atoms with Crippen LogP contribution in [0.3, 0.4) is 0 Å². The van der Waals surface area contributed by atoms with Crippen molar-refractivity contribution in [3.8, 4) is 5.88 Å². The molecule has 1 atom stereocenters. The maximum Gasteiger partial charge on any atom is 0.257 e. The first-order valence-corrected chi connectivity index (χ1v) is 8.24. The molecular weight excluding hydrogens is 323 g/mol. The second kappa shape index (κ2) is 7.46. The van der Waals surface area contributed by atoms with E-state index in [0.29, 0.717) is 30.4 Å². The summed E-state index contributed by atoms with van der Waals surface area (Å²) in [4.78, 5) is 24.7. The smallest absolute Gasteiger partial charge is 0.257 e. The van der Waals surface area contributed by atoms with Crippen molar-refractivity contribution < 1.29 is 13.9 Å². The summed E-state index contributed by atoms with van der Waals surface area (Å²) in [6.45, 7) is 1.14. The van der Waals surface area contributed by atoms with Gasteiger partial charge in [-0.25, -0.2) is 14.4 Å². The van der Waals surface area contributed by atoms with Crippen LogP contribution < -0.4 is 9.64 Å². The molecular formula is C18H21FN4O2. The molecule has 0 N–H and O–H groups in total. The lowest BCUT2D eigenvalue weighted by Crippen LogP contribution is -2.44. The molecule has 1 aromatic heterocycles. The molecule has 1 aliphatic rings. The topological polar surface area (TPSA) is 58.6 Å². The summed E-state index contributed by atoms with van der Waals surface area (Å²) >= 11 is 0. The summed E-state index contributed by atoms with van der Waals surface area (Å²) in [7, 11) is 3.75. The van der Waals surface area contributed by atoms with E-state index in [1.165, 1.54) is 24.3 Å². The summed E-state index contributed by atoms with van der Waals surface area (Å²) < 4.78 is 19.1. The minimum atomic E-state index is -0.352. The molecule has 7 heteroatoms. The fraction of sp³-hybridized carbons (Fsp3) is 0.389. The first kappa shape index (κ1) is 17.1. The zero-order valence-electron chi connectivity index (χ0n) is 14.4. The average Bonchev–Trinajstić information content (AvgIpc) is 2.62. The lowest BCUT2D eigenvalue weighted by atomic mass is 10.1. The van der Waals surface area contributed by atoms with Crippen molar-refractivity contribution in [1.82, 2.24) is 14.9 Å². The fourth-order valence-electron chi connectivity index (χ4n) is 2.86. The van der Waals surface area contributed by atoms with Crippen LogP contribution in [0.25, 0.3) is 0 Å². The Labute approximate surface area is 146 Å². The molecule has 1 aliphatic heterocycles. The number of halogens is 1. The lowest BCUT2D eigenvalue weighted by molar-refractivity contribution is 0.0528. The number of carbonyl (C=O) groups excluding carboxylic acids is 1. The minimum absolute atomic E-state index is 0.111. The van der Waals surface area contributed by atoms with Crippen molar-refractivity contribution in [3.63, 3.8) is 0 Å². The van der Waals surface area contributed by atoms with Gasteiger partial charge in [0.05, 0.1) is 6.54 Å². The normalized spacial score (nSPS) is 17.2. The Kier molecular flexibility index (Phi) is 5.11. The second-order valence-electron chi connectivity index (χ2n) is 6.22. The molecule has 0 saturated carbocycles. The quantitative estimate of drug-likeness (QED) is 0.852. The van der Waals surface area contributed by atoms with E-state index < -0.39 is 0 Å². The first-order valence-electron chi connectivity index (χ1n) is 8.24. The van der Waals surface area contributed by atoms with Crippen molar-refractivity contribution in [2.75, 3.05) is 32.1 Å². The van der Waals surface area contributed by atoms with Gasteiger partial charge in [-0.3, -0.25) is 4.79 Å². The van der Waals surface area contributed by atoms with Crippen LogP contribution in [0.15, 0.2) is 36.7 Å². The highest BCUT2D eigenvalue weighted by Crippen LogP contribution is 2.24. The van der Waals surface area contributed by atoms with Gasteiger partial charge < -0.3 is 14.5 Å². The van der Waals surface area contributed by atoms with Crippen LogP contribution >= 0.6 is 0 Å². The molecule has 3 rings (SSSR count). The predicted molar refractivity (Wildman–Crippen MR) is 92.3 cm³/mol. The summed E-state index contributed by atoms with van der Waals surface area (Å²) in [5, 5.41) is 0. The van der Waals surface area contributed by atoms with Crippen molar-refractivity contribution in [1.29, 1.82) is 0 Å². The summed E-state index contributed by atoms with van der Waals surface area (Å²) in [6.07, 6.45) is 4.75. The largest absolute Gasteiger partial charge is 0.470 e. The monoisotopic (exact) mass is 344 g/mol. The third-order valence-corrected chi connectivity index (χ3v) is 4.11. The third kappa shape index (κ3) is 4.04. The van der Waals surface area contributed by atoms with Gasteiger partial charge in [0, 0.05) is 38.6 Å². The molecule has 25 heavy (non-hydrogen) atoms. The van der Waals surface area contributed by atoms with E-state index in [2.05, 4.69) is 9.97 Å². The van der Waals surface area contributed by atoms with E-state index in [0.717, 1.165) is 12.8 Å². The van der Waals surface area contributed by atoms with Crippen molar-refractivity contribution >= 4 is 11.7 Å². The maximum atomic E-state index is 13.0. The SMILES string of the molecule is CN(C)c1nccnc1OC1CCCN(C(=O)c2ccc(F)cc2)C1. The number of amides is 1. The molecule has 1 amide bonds. The number of ether oxygens (including phenoxy) is 1. The summed E-state index contributed by atoms with van der Waals surface area (Å²) in [6, 6.07) is 5.62. The average molecular weight is 344 g/mol. The first-order chi connectivity index (χ1) is 12.0. The number of benzene rings is 1. The molecule has 0 radical (unpaired) electrons. The Hall–Kier alpha value is -2.70. The molecule has 1 unspecified atom stereocenters. The van der Waals surface area contributed by atoms with Crippen LogP contribution in [0.2, 0.25) is 0 Å². The number of hydrogen-bond acceptors (Lipinski definition) is 5. The number of aromatic nitrogens is 2. The standard InChI is InChI=1S/C18H21FN4O2/c1-22(2)16-17(21-10-9-20-16)25-15-4-3-11-23(12-15)18(24)13-5-7-14(19)8-6-13/h5-10,15H,3-4,11-12H2,1-2H3. The Balaban J connectivity index is 1.69. The van der Waals surface area contributed by atoms with Crippen LogP contribution in [0, 0.1) is 5.82 Å². The van der Waals surface area contributed by atoms with Crippen LogP contribution in [-0.4, -0.2) is 54.1 Å². The highest BCUT2D eigenvalue weighted by molar-refractivity contribution is 5.94. The highest BCUT2D eigenvalue weighted by Gasteiger charge is 2.27. The third-order valence-electron chi connectivity index (χ3n) is 4.11. The maximum absolute atomic E-state index is 13.0. The van der Waals surface area contributed by atoms with Crippen molar-refractivity contribution in [3.05, 3.63) is 48.0 Å². The Morgan fingerprint density at radius 1 is 1.24 bits per heavy atom. The van der Waals surface area contributed by atoms with E-state index in [-0.39, 0.29) is 17.8 Å². The van der Waals surface area contributed by atoms with Gasteiger partial charge in [0.2, 0.25) is 0 Å². The lowest BCUT2D eigenvalue weighted by Gasteiger charge is -2.33. The zero-order chi connectivity index (χ0) is 17.8. The summed E-state index contributed by atoms with van der Waals surface area (Å²) in [5.41, 5.74) is 0.482. The molecule has 0 spiro atoms. The number of nitrogens with zero attached hydrogens (tertiary/aromatic N) is 4. The number of piperidine rings is 1. The van der Waals surface area contributed by atoms with E-state index in [1.54, 1.807) is 17.3 Å². The van der Waals surface area contributed by atoms with Crippen molar-refractivity contribution in [2.24, 2.45) is 0 Å². The molecule has 1 saturated heterocycles. The summed E-state index contributed by atoms with van der Waals surface area (Å²) in [5.74, 6) is 0.661. The number of anilines is 1. The van der Waals surface area contributed by atoms with Gasteiger partial charge in [-0.1, -0.05) is 0 Å².